The van der Waals surface area contributed by atoms with E-state index in [1.165, 1.54) is 17.0 Å². The van der Waals surface area contributed by atoms with Gasteiger partial charge in [-0.2, -0.15) is 0 Å². The molecule has 2 amide bonds. The molecule has 0 saturated carbocycles. The van der Waals surface area contributed by atoms with Crippen molar-refractivity contribution in [1.29, 1.82) is 0 Å². The van der Waals surface area contributed by atoms with E-state index in [1.807, 2.05) is 13.8 Å². The molecule has 0 spiro atoms. The number of benzene rings is 3. The van der Waals surface area contributed by atoms with Gasteiger partial charge in [-0.3, -0.25) is 13.9 Å². The van der Waals surface area contributed by atoms with Crippen LogP contribution in [0.25, 0.3) is 0 Å². The minimum absolute atomic E-state index is 0.0533. The topological polar surface area (TPSA) is 86.8 Å². The van der Waals surface area contributed by atoms with Gasteiger partial charge in [0.05, 0.1) is 10.6 Å². The Morgan fingerprint density at radius 1 is 0.949 bits per heavy atom. The lowest BCUT2D eigenvalue weighted by Crippen LogP contribution is -2.52. The largest absolute Gasteiger partial charge is 0.354 e. The Labute approximate surface area is 244 Å². The van der Waals surface area contributed by atoms with Crippen LogP contribution >= 0.6 is 27.5 Å². The molecule has 0 heterocycles. The lowest BCUT2D eigenvalue weighted by atomic mass is 10.1. The molecule has 0 aliphatic rings. The van der Waals surface area contributed by atoms with Crippen molar-refractivity contribution in [3.05, 3.63) is 93.9 Å². The second-order valence-electron chi connectivity index (χ2n) is 8.98. The van der Waals surface area contributed by atoms with Gasteiger partial charge in [0, 0.05) is 22.6 Å². The van der Waals surface area contributed by atoms with Gasteiger partial charge in [-0.1, -0.05) is 84.2 Å². The lowest BCUT2D eigenvalue weighted by Gasteiger charge is -2.33. The molecular weight excluding hydrogens is 602 g/mol. The van der Waals surface area contributed by atoms with Crippen molar-refractivity contribution >= 4 is 55.1 Å². The summed E-state index contributed by atoms with van der Waals surface area (Å²) in [5.74, 6) is -0.803. The maximum Gasteiger partial charge on any atom is 0.264 e. The predicted molar refractivity (Wildman–Crippen MR) is 159 cm³/mol. The van der Waals surface area contributed by atoms with E-state index in [2.05, 4.69) is 21.2 Å². The molecule has 0 bridgehead atoms. The van der Waals surface area contributed by atoms with Gasteiger partial charge in [-0.15, -0.1) is 0 Å². The summed E-state index contributed by atoms with van der Waals surface area (Å²) in [6.45, 7) is 3.90. The van der Waals surface area contributed by atoms with Crippen molar-refractivity contribution in [1.82, 2.24) is 10.2 Å². The van der Waals surface area contributed by atoms with Crippen LogP contribution in [0.3, 0.4) is 0 Å². The second-order valence-corrected chi connectivity index (χ2v) is 12.2. The second kappa shape index (κ2) is 14.5. The molecule has 0 aliphatic carbocycles. The summed E-state index contributed by atoms with van der Waals surface area (Å²) < 4.78 is 29.4. The Hall–Kier alpha value is -2.88. The summed E-state index contributed by atoms with van der Waals surface area (Å²) in [6, 6.07) is 20.9. The SMILES string of the molecule is CCCCNC(=O)C(CC)N(Cc1ccccc1Cl)C(=O)CN(c1ccc(Br)cc1)S(=O)(=O)c1ccccc1. The summed E-state index contributed by atoms with van der Waals surface area (Å²) >= 11 is 9.80. The van der Waals surface area contributed by atoms with Crippen LogP contribution in [0.5, 0.6) is 0 Å². The van der Waals surface area contributed by atoms with Crippen molar-refractivity contribution in [2.24, 2.45) is 0 Å². The Morgan fingerprint density at radius 3 is 2.21 bits per heavy atom. The van der Waals surface area contributed by atoms with E-state index in [1.54, 1.807) is 66.7 Å². The van der Waals surface area contributed by atoms with E-state index >= 15 is 0 Å². The van der Waals surface area contributed by atoms with Crippen LogP contribution in [0.15, 0.2) is 88.2 Å². The van der Waals surface area contributed by atoms with Crippen LogP contribution in [0.1, 0.15) is 38.7 Å². The monoisotopic (exact) mass is 633 g/mol. The number of amides is 2. The predicted octanol–water partition coefficient (Wildman–Crippen LogP) is 6.02. The third-order valence-corrected chi connectivity index (χ3v) is 8.92. The quantitative estimate of drug-likeness (QED) is 0.233. The maximum atomic E-state index is 14.0. The van der Waals surface area contributed by atoms with Gasteiger partial charge in [0.15, 0.2) is 0 Å². The van der Waals surface area contributed by atoms with E-state index in [0.717, 1.165) is 21.6 Å². The highest BCUT2D eigenvalue weighted by Gasteiger charge is 2.33. The Bertz CT molecular complexity index is 1350. The zero-order valence-electron chi connectivity index (χ0n) is 22.0. The molecule has 208 valence electrons. The van der Waals surface area contributed by atoms with Crippen LogP contribution in [0.4, 0.5) is 5.69 Å². The fraction of sp³-hybridized carbons (Fsp3) is 0.310. The van der Waals surface area contributed by atoms with Gasteiger partial charge in [0.2, 0.25) is 11.8 Å². The number of carbonyl (C=O) groups excluding carboxylic acids is 2. The van der Waals surface area contributed by atoms with Crippen LogP contribution in [0.2, 0.25) is 5.02 Å². The Morgan fingerprint density at radius 2 is 1.59 bits per heavy atom. The zero-order valence-corrected chi connectivity index (χ0v) is 25.2. The molecule has 0 aliphatic heterocycles. The minimum Gasteiger partial charge on any atom is -0.354 e. The maximum absolute atomic E-state index is 14.0. The standard InChI is InChI=1S/C29H33BrClN3O4S/c1-3-5-19-32-29(36)27(4-2)33(20-22-11-9-10-14-26(22)31)28(35)21-34(24-17-15-23(30)16-18-24)39(37,38)25-12-7-6-8-13-25/h6-18,27H,3-5,19-21H2,1-2H3,(H,32,36). The van der Waals surface area contributed by atoms with Crippen LogP contribution < -0.4 is 9.62 Å². The smallest absolute Gasteiger partial charge is 0.264 e. The van der Waals surface area contributed by atoms with Gasteiger partial charge >= 0.3 is 0 Å². The van der Waals surface area contributed by atoms with Gasteiger partial charge in [0.1, 0.15) is 12.6 Å². The molecule has 3 rings (SSSR count). The first-order valence-corrected chi connectivity index (χ1v) is 15.4. The number of unbranched alkanes of at least 4 members (excludes halogenated alkanes) is 1. The molecule has 1 atom stereocenters. The van der Waals surface area contributed by atoms with Crippen molar-refractivity contribution < 1.29 is 18.0 Å². The van der Waals surface area contributed by atoms with Crippen LogP contribution in [-0.2, 0) is 26.2 Å². The van der Waals surface area contributed by atoms with Gasteiger partial charge < -0.3 is 10.2 Å². The molecule has 0 fully saturated rings. The van der Waals surface area contributed by atoms with Gasteiger partial charge in [-0.05, 0) is 60.9 Å². The molecule has 0 aromatic heterocycles. The molecule has 1 unspecified atom stereocenters. The summed E-state index contributed by atoms with van der Waals surface area (Å²) in [5, 5.41) is 3.37. The summed E-state index contributed by atoms with van der Waals surface area (Å²) in [5.41, 5.74) is 0.988. The first-order valence-electron chi connectivity index (χ1n) is 12.8. The number of nitrogens with one attached hydrogen (secondary N) is 1. The molecule has 0 radical (unpaired) electrons. The lowest BCUT2D eigenvalue weighted by molar-refractivity contribution is -0.140. The molecular formula is C29H33BrClN3O4S. The number of sulfonamides is 1. The zero-order chi connectivity index (χ0) is 28.4. The summed E-state index contributed by atoms with van der Waals surface area (Å²) in [6.07, 6.45) is 2.07. The normalized spacial score (nSPS) is 12.0. The van der Waals surface area contributed by atoms with E-state index in [-0.39, 0.29) is 17.3 Å². The van der Waals surface area contributed by atoms with E-state index in [9.17, 15) is 18.0 Å². The highest BCUT2D eigenvalue weighted by molar-refractivity contribution is 9.10. The van der Waals surface area contributed by atoms with Crippen molar-refractivity contribution in [2.75, 3.05) is 17.4 Å². The number of rotatable bonds is 13. The van der Waals surface area contributed by atoms with Crippen molar-refractivity contribution in [3.63, 3.8) is 0 Å². The number of hydrogen-bond donors (Lipinski definition) is 1. The summed E-state index contributed by atoms with van der Waals surface area (Å²) in [4.78, 5) is 28.7. The fourth-order valence-electron chi connectivity index (χ4n) is 4.09. The molecule has 1 N–H and O–H groups in total. The third kappa shape index (κ3) is 8.06. The molecule has 39 heavy (non-hydrogen) atoms. The third-order valence-electron chi connectivity index (χ3n) is 6.24. The van der Waals surface area contributed by atoms with E-state index in [0.29, 0.717) is 29.2 Å². The highest BCUT2D eigenvalue weighted by atomic mass is 79.9. The fourth-order valence-corrected chi connectivity index (χ4v) is 5.99. The summed E-state index contributed by atoms with van der Waals surface area (Å²) in [7, 11) is -4.10. The molecule has 3 aromatic rings. The van der Waals surface area contributed by atoms with Crippen molar-refractivity contribution in [2.45, 2.75) is 50.6 Å². The molecule has 0 saturated heterocycles. The number of carbonyl (C=O) groups is 2. The molecule has 7 nitrogen and oxygen atoms in total. The van der Waals surface area contributed by atoms with Gasteiger partial charge in [0.25, 0.3) is 10.0 Å². The number of anilines is 1. The molecule has 10 heteroatoms. The minimum atomic E-state index is -4.10. The van der Waals surface area contributed by atoms with E-state index in [4.69, 9.17) is 11.6 Å². The number of halogens is 2. The first kappa shape index (κ1) is 30.7. The number of hydrogen-bond acceptors (Lipinski definition) is 4. The Balaban J connectivity index is 2.02. The number of nitrogens with zero attached hydrogens (tertiary/aromatic N) is 2. The van der Waals surface area contributed by atoms with Crippen LogP contribution in [-0.4, -0.2) is 44.3 Å². The Kier molecular flexibility index (Phi) is 11.4. The van der Waals surface area contributed by atoms with E-state index < -0.39 is 28.5 Å². The first-order chi connectivity index (χ1) is 18.7. The van der Waals surface area contributed by atoms with Crippen LogP contribution in [0, 0.1) is 0 Å². The van der Waals surface area contributed by atoms with Gasteiger partial charge in [-0.25, -0.2) is 8.42 Å². The average molecular weight is 635 g/mol. The average Bonchev–Trinajstić information content (AvgIpc) is 2.93. The van der Waals surface area contributed by atoms with Crippen molar-refractivity contribution in [3.8, 4) is 0 Å². The molecule has 3 aromatic carbocycles. The highest BCUT2D eigenvalue weighted by Crippen LogP contribution is 2.27.